The lowest BCUT2D eigenvalue weighted by atomic mass is 10.1. The van der Waals surface area contributed by atoms with Gasteiger partial charge in [0.1, 0.15) is 0 Å². The van der Waals surface area contributed by atoms with Gasteiger partial charge in [-0.2, -0.15) is 0 Å². The highest BCUT2D eigenvalue weighted by Gasteiger charge is 2.15. The molecule has 0 bridgehead atoms. The Labute approximate surface area is 129 Å². The molecule has 21 heavy (non-hydrogen) atoms. The van der Waals surface area contributed by atoms with Crippen LogP contribution in [0.15, 0.2) is 29.8 Å². The standard InChI is InChI=1S/C14H17N3O3.ClH/c1-10-2-3-12(17(19)20)8-13(10)14(18)16-9-11-4-6-15-7-5-11;/h2-4,8,15H,5-7,9H2,1H3,(H,16,18);1H. The number of carbonyl (C=O) groups is 1. The van der Waals surface area contributed by atoms with Crippen LogP contribution in [0.2, 0.25) is 0 Å². The van der Waals surface area contributed by atoms with Gasteiger partial charge in [-0.25, -0.2) is 0 Å². The zero-order valence-corrected chi connectivity index (χ0v) is 12.5. The summed E-state index contributed by atoms with van der Waals surface area (Å²) in [6, 6.07) is 4.32. The highest BCUT2D eigenvalue weighted by Crippen LogP contribution is 2.17. The van der Waals surface area contributed by atoms with Crippen LogP contribution in [0.5, 0.6) is 0 Å². The Hall–Kier alpha value is -1.92. The second-order valence-corrected chi connectivity index (χ2v) is 4.76. The van der Waals surface area contributed by atoms with Crippen molar-refractivity contribution in [2.75, 3.05) is 19.6 Å². The predicted octanol–water partition coefficient (Wildman–Crippen LogP) is 1.97. The maximum absolute atomic E-state index is 12.1. The Balaban J connectivity index is 0.00000220. The van der Waals surface area contributed by atoms with Crippen LogP contribution < -0.4 is 10.6 Å². The van der Waals surface area contributed by atoms with Gasteiger partial charge in [0.25, 0.3) is 11.6 Å². The average molecular weight is 312 g/mol. The molecule has 7 heteroatoms. The van der Waals surface area contributed by atoms with Gasteiger partial charge in [-0.15, -0.1) is 12.4 Å². The minimum atomic E-state index is -0.494. The summed E-state index contributed by atoms with van der Waals surface area (Å²) >= 11 is 0. The van der Waals surface area contributed by atoms with Gasteiger partial charge in [-0.1, -0.05) is 17.7 Å². The van der Waals surface area contributed by atoms with Gasteiger partial charge in [0.15, 0.2) is 0 Å². The Morgan fingerprint density at radius 1 is 1.48 bits per heavy atom. The molecule has 6 nitrogen and oxygen atoms in total. The fourth-order valence-corrected chi connectivity index (χ4v) is 2.09. The third-order valence-electron chi connectivity index (χ3n) is 3.31. The number of non-ortho nitro benzene ring substituents is 1. The summed E-state index contributed by atoms with van der Waals surface area (Å²) in [6.07, 6.45) is 2.97. The van der Waals surface area contributed by atoms with E-state index in [0.29, 0.717) is 12.1 Å². The number of carbonyl (C=O) groups excluding carboxylic acids is 1. The highest BCUT2D eigenvalue weighted by molar-refractivity contribution is 5.96. The summed E-state index contributed by atoms with van der Waals surface area (Å²) in [4.78, 5) is 22.4. The van der Waals surface area contributed by atoms with Crippen molar-refractivity contribution in [1.82, 2.24) is 10.6 Å². The normalized spacial score (nSPS) is 13.9. The van der Waals surface area contributed by atoms with Gasteiger partial charge in [0.2, 0.25) is 0 Å². The zero-order valence-electron chi connectivity index (χ0n) is 11.7. The van der Waals surface area contributed by atoms with Crippen molar-refractivity contribution in [3.63, 3.8) is 0 Å². The first-order chi connectivity index (χ1) is 9.58. The number of nitro benzene ring substituents is 1. The molecule has 1 aromatic rings. The Bertz CT molecular complexity index is 573. The summed E-state index contributed by atoms with van der Waals surface area (Å²) in [5, 5.41) is 16.8. The van der Waals surface area contributed by atoms with Gasteiger partial charge in [-0.3, -0.25) is 14.9 Å². The zero-order chi connectivity index (χ0) is 14.5. The van der Waals surface area contributed by atoms with E-state index in [9.17, 15) is 14.9 Å². The lowest BCUT2D eigenvalue weighted by molar-refractivity contribution is -0.384. The number of nitrogens with one attached hydrogen (secondary N) is 2. The minimum absolute atomic E-state index is 0. The highest BCUT2D eigenvalue weighted by atomic mass is 35.5. The summed E-state index contributed by atoms with van der Waals surface area (Å²) in [5.41, 5.74) is 2.20. The molecule has 0 unspecified atom stereocenters. The number of rotatable bonds is 4. The molecule has 0 atom stereocenters. The average Bonchev–Trinajstić information content (AvgIpc) is 2.46. The molecular weight excluding hydrogens is 294 g/mol. The first-order valence-corrected chi connectivity index (χ1v) is 6.50. The van der Waals surface area contributed by atoms with E-state index in [-0.39, 0.29) is 24.0 Å². The number of amides is 1. The molecule has 0 radical (unpaired) electrons. The van der Waals surface area contributed by atoms with Crippen molar-refractivity contribution in [2.24, 2.45) is 0 Å². The number of hydrogen-bond acceptors (Lipinski definition) is 4. The number of halogens is 1. The molecule has 0 aromatic heterocycles. The van der Waals surface area contributed by atoms with Crippen LogP contribution in [0, 0.1) is 17.0 Å². The number of nitro groups is 1. The van der Waals surface area contributed by atoms with Crippen LogP contribution in [0.25, 0.3) is 0 Å². The smallest absolute Gasteiger partial charge is 0.270 e. The first kappa shape index (κ1) is 17.1. The summed E-state index contributed by atoms with van der Waals surface area (Å²) < 4.78 is 0. The van der Waals surface area contributed by atoms with Crippen molar-refractivity contribution in [3.05, 3.63) is 51.1 Å². The molecular formula is C14H18ClN3O3. The monoisotopic (exact) mass is 311 g/mol. The lowest BCUT2D eigenvalue weighted by Crippen LogP contribution is -2.30. The molecule has 0 aliphatic carbocycles. The molecule has 114 valence electrons. The fraction of sp³-hybridized carbons (Fsp3) is 0.357. The molecule has 0 spiro atoms. The fourth-order valence-electron chi connectivity index (χ4n) is 2.09. The first-order valence-electron chi connectivity index (χ1n) is 6.50. The Morgan fingerprint density at radius 2 is 2.24 bits per heavy atom. The van der Waals surface area contributed by atoms with Crippen LogP contribution in [0.1, 0.15) is 22.3 Å². The third-order valence-corrected chi connectivity index (χ3v) is 3.31. The Morgan fingerprint density at radius 3 is 2.86 bits per heavy atom. The van der Waals surface area contributed by atoms with Crippen LogP contribution in [0.4, 0.5) is 5.69 Å². The van der Waals surface area contributed by atoms with E-state index >= 15 is 0 Å². The molecule has 1 aromatic carbocycles. The molecule has 2 rings (SSSR count). The van der Waals surface area contributed by atoms with Crippen molar-refractivity contribution in [1.29, 1.82) is 0 Å². The molecule has 0 saturated carbocycles. The summed E-state index contributed by atoms with van der Waals surface area (Å²) in [6.45, 7) is 3.99. The Kier molecular flexibility index (Phi) is 6.33. The molecule has 0 saturated heterocycles. The molecule has 2 N–H and O–H groups in total. The van der Waals surface area contributed by atoms with E-state index in [1.54, 1.807) is 13.0 Å². The van der Waals surface area contributed by atoms with E-state index in [1.165, 1.54) is 17.7 Å². The van der Waals surface area contributed by atoms with Crippen LogP contribution >= 0.6 is 12.4 Å². The largest absolute Gasteiger partial charge is 0.348 e. The van der Waals surface area contributed by atoms with E-state index in [1.807, 2.05) is 0 Å². The van der Waals surface area contributed by atoms with Gasteiger partial charge in [0, 0.05) is 30.8 Å². The minimum Gasteiger partial charge on any atom is -0.348 e. The second-order valence-electron chi connectivity index (χ2n) is 4.76. The summed E-state index contributed by atoms with van der Waals surface area (Å²) in [5.74, 6) is -0.273. The predicted molar refractivity (Wildman–Crippen MR) is 83.0 cm³/mol. The van der Waals surface area contributed by atoms with Crippen LogP contribution in [0.3, 0.4) is 0 Å². The van der Waals surface area contributed by atoms with E-state index in [2.05, 4.69) is 16.7 Å². The molecule has 0 fully saturated rings. The molecule has 1 aliphatic heterocycles. The topological polar surface area (TPSA) is 84.3 Å². The quantitative estimate of drug-likeness (QED) is 0.506. The van der Waals surface area contributed by atoms with Crippen LogP contribution in [-0.4, -0.2) is 30.5 Å². The van der Waals surface area contributed by atoms with Crippen molar-refractivity contribution < 1.29 is 9.72 Å². The maximum Gasteiger partial charge on any atom is 0.270 e. The van der Waals surface area contributed by atoms with Crippen molar-refractivity contribution >= 4 is 24.0 Å². The second kappa shape index (κ2) is 7.75. The van der Waals surface area contributed by atoms with Crippen LogP contribution in [-0.2, 0) is 0 Å². The molecule has 1 heterocycles. The van der Waals surface area contributed by atoms with Gasteiger partial charge in [0.05, 0.1) is 4.92 Å². The van der Waals surface area contributed by atoms with E-state index < -0.39 is 4.92 Å². The number of aryl methyl sites for hydroxylation is 1. The van der Waals surface area contributed by atoms with Crippen molar-refractivity contribution in [3.8, 4) is 0 Å². The van der Waals surface area contributed by atoms with Gasteiger partial charge in [-0.05, 0) is 25.5 Å². The molecule has 1 amide bonds. The SMILES string of the molecule is Cc1ccc([N+](=O)[O-])cc1C(=O)NCC1=CCNCC1.Cl. The van der Waals surface area contributed by atoms with Crippen molar-refractivity contribution in [2.45, 2.75) is 13.3 Å². The summed E-state index contributed by atoms with van der Waals surface area (Å²) in [7, 11) is 0. The van der Waals surface area contributed by atoms with Gasteiger partial charge >= 0.3 is 0 Å². The molecule has 1 aliphatic rings. The van der Waals surface area contributed by atoms with E-state index in [0.717, 1.165) is 25.1 Å². The maximum atomic E-state index is 12.1. The third kappa shape index (κ3) is 4.54. The van der Waals surface area contributed by atoms with E-state index in [4.69, 9.17) is 0 Å². The number of hydrogen-bond donors (Lipinski definition) is 2. The lowest BCUT2D eigenvalue weighted by Gasteiger charge is -2.15. The number of benzene rings is 1. The number of nitrogens with zero attached hydrogens (tertiary/aromatic N) is 1. The van der Waals surface area contributed by atoms with Gasteiger partial charge < -0.3 is 10.6 Å².